The number of fused-ring (bicyclic) bond motifs is 3. The number of ether oxygens (including phenoxy) is 1. The van der Waals surface area contributed by atoms with Crippen LogP contribution in [-0.4, -0.2) is 49.2 Å². The average molecular weight is 246 g/mol. The highest BCUT2D eigenvalue weighted by molar-refractivity contribution is 5.67. The van der Waals surface area contributed by atoms with Crippen molar-refractivity contribution in [1.82, 2.24) is 9.80 Å². The van der Waals surface area contributed by atoms with Gasteiger partial charge in [0.05, 0.1) is 13.2 Å². The molecule has 1 amide bonds. The molecular weight excluding hydrogens is 228 g/mol. The third-order valence-corrected chi connectivity index (χ3v) is 4.01. The van der Waals surface area contributed by atoms with Crippen molar-refractivity contribution in [2.75, 3.05) is 33.3 Å². The summed E-state index contributed by atoms with van der Waals surface area (Å²) >= 11 is 0. The smallest absolute Gasteiger partial charge is 0.409 e. The van der Waals surface area contributed by atoms with Crippen molar-refractivity contribution in [3.05, 3.63) is 35.4 Å². The van der Waals surface area contributed by atoms with Gasteiger partial charge < -0.3 is 9.64 Å². The molecule has 0 radical (unpaired) electrons. The first-order chi connectivity index (χ1) is 8.79. The van der Waals surface area contributed by atoms with Crippen LogP contribution in [0.5, 0.6) is 0 Å². The van der Waals surface area contributed by atoms with E-state index in [0.717, 1.165) is 32.6 Å². The molecule has 2 aliphatic heterocycles. The van der Waals surface area contributed by atoms with E-state index in [9.17, 15) is 4.79 Å². The first-order valence-corrected chi connectivity index (χ1v) is 6.44. The molecule has 1 atom stereocenters. The number of carbonyl (C=O) groups excluding carboxylic acids is 1. The van der Waals surface area contributed by atoms with Gasteiger partial charge in [0.25, 0.3) is 0 Å². The maximum Gasteiger partial charge on any atom is 0.409 e. The summed E-state index contributed by atoms with van der Waals surface area (Å²) in [6.07, 6.45) is 0.906. The SMILES string of the molecule is COC(=O)N1CCN2CCc3ccccc3C2C1. The van der Waals surface area contributed by atoms with E-state index in [-0.39, 0.29) is 6.09 Å². The van der Waals surface area contributed by atoms with Crippen LogP contribution in [0, 0.1) is 0 Å². The van der Waals surface area contributed by atoms with Gasteiger partial charge in [-0.05, 0) is 17.5 Å². The molecule has 2 heterocycles. The molecule has 0 N–H and O–H groups in total. The fraction of sp³-hybridized carbons (Fsp3) is 0.500. The Morgan fingerprint density at radius 3 is 2.94 bits per heavy atom. The van der Waals surface area contributed by atoms with Gasteiger partial charge in [0, 0.05) is 26.2 Å². The molecular formula is C14H18N2O2. The second-order valence-electron chi connectivity index (χ2n) is 4.92. The van der Waals surface area contributed by atoms with Gasteiger partial charge in [0.1, 0.15) is 0 Å². The molecule has 96 valence electrons. The number of hydrogen-bond acceptors (Lipinski definition) is 3. The van der Waals surface area contributed by atoms with Crippen LogP contribution in [0.4, 0.5) is 4.79 Å². The van der Waals surface area contributed by atoms with Crippen LogP contribution in [-0.2, 0) is 11.2 Å². The lowest BCUT2D eigenvalue weighted by molar-refractivity contribution is 0.0551. The Hall–Kier alpha value is -1.55. The lowest BCUT2D eigenvalue weighted by Crippen LogP contribution is -2.52. The molecule has 0 spiro atoms. The van der Waals surface area contributed by atoms with Crippen LogP contribution in [0.3, 0.4) is 0 Å². The zero-order chi connectivity index (χ0) is 12.5. The van der Waals surface area contributed by atoms with Gasteiger partial charge in [-0.3, -0.25) is 4.90 Å². The van der Waals surface area contributed by atoms with Crippen LogP contribution in [0.25, 0.3) is 0 Å². The van der Waals surface area contributed by atoms with Crippen LogP contribution < -0.4 is 0 Å². The number of carbonyl (C=O) groups is 1. The normalized spacial score (nSPS) is 23.2. The van der Waals surface area contributed by atoms with E-state index >= 15 is 0 Å². The number of rotatable bonds is 0. The lowest BCUT2D eigenvalue weighted by atomic mass is 9.91. The molecule has 2 aliphatic rings. The molecule has 1 aromatic carbocycles. The fourth-order valence-corrected chi connectivity index (χ4v) is 3.03. The predicted molar refractivity (Wildman–Crippen MR) is 68.4 cm³/mol. The number of piperazine rings is 1. The summed E-state index contributed by atoms with van der Waals surface area (Å²) < 4.78 is 4.83. The maximum atomic E-state index is 11.6. The summed E-state index contributed by atoms with van der Waals surface area (Å²) in [5, 5.41) is 0. The van der Waals surface area contributed by atoms with Crippen LogP contribution >= 0.6 is 0 Å². The minimum absolute atomic E-state index is 0.210. The molecule has 0 saturated carbocycles. The molecule has 4 heteroatoms. The summed E-state index contributed by atoms with van der Waals surface area (Å²) in [7, 11) is 1.45. The molecule has 1 saturated heterocycles. The summed E-state index contributed by atoms with van der Waals surface area (Å²) in [6.45, 7) is 3.54. The van der Waals surface area contributed by atoms with Crippen molar-refractivity contribution >= 4 is 6.09 Å². The Morgan fingerprint density at radius 1 is 1.28 bits per heavy atom. The zero-order valence-electron chi connectivity index (χ0n) is 10.6. The third-order valence-electron chi connectivity index (χ3n) is 4.01. The minimum Gasteiger partial charge on any atom is -0.453 e. The molecule has 1 unspecified atom stereocenters. The minimum atomic E-state index is -0.210. The van der Waals surface area contributed by atoms with Gasteiger partial charge in [-0.25, -0.2) is 4.79 Å². The number of methoxy groups -OCH3 is 1. The van der Waals surface area contributed by atoms with E-state index in [2.05, 4.69) is 29.2 Å². The van der Waals surface area contributed by atoms with Crippen molar-refractivity contribution in [3.63, 3.8) is 0 Å². The third kappa shape index (κ3) is 1.86. The second kappa shape index (κ2) is 4.61. The number of nitrogens with zero attached hydrogens (tertiary/aromatic N) is 2. The fourth-order valence-electron chi connectivity index (χ4n) is 3.03. The van der Waals surface area contributed by atoms with Gasteiger partial charge in [0.2, 0.25) is 0 Å². The van der Waals surface area contributed by atoms with E-state index in [1.807, 2.05) is 4.90 Å². The zero-order valence-corrected chi connectivity index (χ0v) is 10.6. The number of benzene rings is 1. The highest BCUT2D eigenvalue weighted by Crippen LogP contribution is 2.32. The predicted octanol–water partition coefficient (Wildman–Crippen LogP) is 1.67. The largest absolute Gasteiger partial charge is 0.453 e. The molecule has 0 bridgehead atoms. The highest BCUT2D eigenvalue weighted by Gasteiger charge is 2.34. The Balaban J connectivity index is 1.86. The van der Waals surface area contributed by atoms with E-state index in [1.165, 1.54) is 18.2 Å². The van der Waals surface area contributed by atoms with Gasteiger partial charge in [-0.15, -0.1) is 0 Å². The van der Waals surface area contributed by atoms with Crippen LogP contribution in [0.15, 0.2) is 24.3 Å². The summed E-state index contributed by atoms with van der Waals surface area (Å²) in [6, 6.07) is 8.90. The lowest BCUT2D eigenvalue weighted by Gasteiger charge is -2.44. The number of hydrogen-bond donors (Lipinski definition) is 0. The van der Waals surface area contributed by atoms with Crippen LogP contribution in [0.2, 0.25) is 0 Å². The van der Waals surface area contributed by atoms with Gasteiger partial charge >= 0.3 is 6.09 Å². The van der Waals surface area contributed by atoms with E-state index in [1.54, 1.807) is 0 Å². The first-order valence-electron chi connectivity index (χ1n) is 6.44. The molecule has 18 heavy (non-hydrogen) atoms. The van der Waals surface area contributed by atoms with Gasteiger partial charge in [-0.1, -0.05) is 24.3 Å². The molecule has 0 aliphatic carbocycles. The Kier molecular flexibility index (Phi) is 2.96. The summed E-state index contributed by atoms with van der Waals surface area (Å²) in [4.78, 5) is 15.9. The van der Waals surface area contributed by atoms with Crippen molar-refractivity contribution in [2.24, 2.45) is 0 Å². The monoisotopic (exact) mass is 246 g/mol. The first kappa shape index (κ1) is 11.5. The Bertz CT molecular complexity index is 461. The van der Waals surface area contributed by atoms with Crippen molar-refractivity contribution in [3.8, 4) is 0 Å². The van der Waals surface area contributed by atoms with Crippen molar-refractivity contribution in [2.45, 2.75) is 12.5 Å². The Morgan fingerprint density at radius 2 is 2.11 bits per heavy atom. The van der Waals surface area contributed by atoms with E-state index in [4.69, 9.17) is 4.74 Å². The van der Waals surface area contributed by atoms with Crippen LogP contribution in [0.1, 0.15) is 17.2 Å². The quantitative estimate of drug-likeness (QED) is 0.698. The maximum absolute atomic E-state index is 11.6. The van der Waals surface area contributed by atoms with Crippen molar-refractivity contribution in [1.29, 1.82) is 0 Å². The van der Waals surface area contributed by atoms with Gasteiger partial charge in [0.15, 0.2) is 0 Å². The number of amides is 1. The molecule has 4 nitrogen and oxygen atoms in total. The summed E-state index contributed by atoms with van der Waals surface area (Å²) in [5.74, 6) is 0. The average Bonchev–Trinajstić information content (AvgIpc) is 2.45. The molecule has 1 fully saturated rings. The topological polar surface area (TPSA) is 32.8 Å². The van der Waals surface area contributed by atoms with Crippen molar-refractivity contribution < 1.29 is 9.53 Å². The highest BCUT2D eigenvalue weighted by atomic mass is 16.5. The van der Waals surface area contributed by atoms with E-state index in [0.29, 0.717) is 6.04 Å². The molecule has 3 rings (SSSR count). The molecule has 1 aromatic rings. The molecule has 0 aromatic heterocycles. The summed E-state index contributed by atoms with van der Waals surface area (Å²) in [5.41, 5.74) is 2.79. The standard InChI is InChI=1S/C14H18N2O2/c1-18-14(17)16-9-8-15-7-6-11-4-2-3-5-12(11)13(15)10-16/h2-5,13H,6-10H2,1H3. The van der Waals surface area contributed by atoms with E-state index < -0.39 is 0 Å². The second-order valence-corrected chi connectivity index (χ2v) is 4.92. The Labute approximate surface area is 107 Å². The van der Waals surface area contributed by atoms with Gasteiger partial charge in [-0.2, -0.15) is 0 Å².